The van der Waals surface area contributed by atoms with Gasteiger partial charge in [-0.25, -0.2) is 4.79 Å². The standard InChI is InChI=1S/C26H31N3O8/c1-17(2)12-14-36-20-7-6-18(16-26(35)37-29-24(33)10-11-25(29)34)15-19(20)27-21(30)5-3-4-13-28-22(31)8-9-23(28)32/h6-9,15,17H,3-5,10-14,16H2,1-2H3,(H,27,30). The van der Waals surface area contributed by atoms with Crippen molar-refractivity contribution in [3.8, 4) is 5.75 Å². The van der Waals surface area contributed by atoms with E-state index in [1.165, 1.54) is 12.2 Å². The maximum absolute atomic E-state index is 12.6. The molecule has 0 saturated carbocycles. The molecule has 0 spiro atoms. The van der Waals surface area contributed by atoms with E-state index in [1.54, 1.807) is 18.2 Å². The Morgan fingerprint density at radius 2 is 1.68 bits per heavy atom. The number of carbonyl (C=O) groups is 6. The molecule has 1 fully saturated rings. The molecule has 2 heterocycles. The maximum Gasteiger partial charge on any atom is 0.337 e. The molecular formula is C26H31N3O8. The number of anilines is 1. The van der Waals surface area contributed by atoms with Crippen LogP contribution in [0.1, 0.15) is 57.9 Å². The molecule has 3 rings (SSSR count). The largest absolute Gasteiger partial charge is 0.491 e. The number of hydrogen-bond donors (Lipinski definition) is 1. The number of ether oxygens (including phenoxy) is 1. The Hall–Kier alpha value is -4.02. The quantitative estimate of drug-likeness (QED) is 0.313. The summed E-state index contributed by atoms with van der Waals surface area (Å²) in [5, 5.41) is 3.29. The number of unbranched alkanes of at least 4 members (excludes halogenated alkanes) is 1. The van der Waals surface area contributed by atoms with E-state index in [2.05, 4.69) is 19.2 Å². The first-order valence-electron chi connectivity index (χ1n) is 12.3. The molecule has 1 aromatic rings. The molecule has 37 heavy (non-hydrogen) atoms. The SMILES string of the molecule is CC(C)CCOc1ccc(CC(=O)ON2C(=O)CCC2=O)cc1NC(=O)CCCCN1C(=O)C=CC1=O. The van der Waals surface area contributed by atoms with Crippen molar-refractivity contribution in [1.29, 1.82) is 0 Å². The highest BCUT2D eigenvalue weighted by atomic mass is 16.7. The van der Waals surface area contributed by atoms with Gasteiger partial charge in [-0.15, -0.1) is 5.06 Å². The zero-order valence-corrected chi connectivity index (χ0v) is 21.0. The zero-order chi connectivity index (χ0) is 26.9. The average Bonchev–Trinajstić information content (AvgIpc) is 3.33. The number of hydrogen-bond acceptors (Lipinski definition) is 8. The Bertz CT molecular complexity index is 1080. The summed E-state index contributed by atoms with van der Waals surface area (Å²) in [5.74, 6) is -2.04. The summed E-state index contributed by atoms with van der Waals surface area (Å²) in [7, 11) is 0. The fraction of sp³-hybridized carbons (Fsp3) is 0.462. The number of hydroxylamine groups is 2. The maximum atomic E-state index is 12.6. The summed E-state index contributed by atoms with van der Waals surface area (Å²) < 4.78 is 5.84. The lowest BCUT2D eigenvalue weighted by Gasteiger charge is -2.16. The van der Waals surface area contributed by atoms with Crippen molar-refractivity contribution in [2.24, 2.45) is 5.92 Å². The predicted octanol–water partition coefficient (Wildman–Crippen LogP) is 2.29. The average molecular weight is 514 g/mol. The predicted molar refractivity (Wildman–Crippen MR) is 131 cm³/mol. The van der Waals surface area contributed by atoms with Crippen LogP contribution < -0.4 is 10.1 Å². The highest BCUT2D eigenvalue weighted by molar-refractivity contribution is 6.12. The lowest BCUT2D eigenvalue weighted by atomic mass is 10.1. The fourth-order valence-corrected chi connectivity index (χ4v) is 3.69. The van der Waals surface area contributed by atoms with Gasteiger partial charge in [-0.05, 0) is 42.9 Å². The van der Waals surface area contributed by atoms with Crippen molar-refractivity contribution in [2.45, 2.75) is 58.8 Å². The van der Waals surface area contributed by atoms with Gasteiger partial charge in [0.05, 0.1) is 18.7 Å². The Labute approximate surface area is 214 Å². The number of benzene rings is 1. The Kier molecular flexibility index (Phi) is 9.53. The fourth-order valence-electron chi connectivity index (χ4n) is 3.69. The van der Waals surface area contributed by atoms with Crippen LogP contribution in [0, 0.1) is 5.92 Å². The van der Waals surface area contributed by atoms with Crippen molar-refractivity contribution in [2.75, 3.05) is 18.5 Å². The highest BCUT2D eigenvalue weighted by Gasteiger charge is 2.32. The smallest absolute Gasteiger partial charge is 0.337 e. The molecule has 5 amide bonds. The number of imide groups is 2. The highest BCUT2D eigenvalue weighted by Crippen LogP contribution is 2.27. The molecule has 198 valence electrons. The van der Waals surface area contributed by atoms with Crippen LogP contribution in [0.5, 0.6) is 5.75 Å². The third-order valence-electron chi connectivity index (χ3n) is 5.75. The van der Waals surface area contributed by atoms with Gasteiger partial charge in [0.15, 0.2) is 0 Å². The van der Waals surface area contributed by atoms with Gasteiger partial charge < -0.3 is 14.9 Å². The monoisotopic (exact) mass is 513 g/mol. The molecule has 0 aromatic heterocycles. The summed E-state index contributed by atoms with van der Waals surface area (Å²) in [5.41, 5.74) is 0.871. The van der Waals surface area contributed by atoms with Gasteiger partial charge in [-0.3, -0.25) is 28.9 Å². The second kappa shape index (κ2) is 12.8. The van der Waals surface area contributed by atoms with Crippen LogP contribution in [0.15, 0.2) is 30.4 Å². The van der Waals surface area contributed by atoms with Crippen molar-refractivity contribution >= 4 is 41.2 Å². The first-order valence-corrected chi connectivity index (χ1v) is 12.3. The minimum Gasteiger partial charge on any atom is -0.491 e. The first-order chi connectivity index (χ1) is 17.6. The Balaban J connectivity index is 1.58. The number of nitrogens with zero attached hydrogens (tertiary/aromatic N) is 2. The van der Waals surface area contributed by atoms with Gasteiger partial charge in [0.25, 0.3) is 23.6 Å². The van der Waals surface area contributed by atoms with Gasteiger partial charge in [0.2, 0.25) is 5.91 Å². The van der Waals surface area contributed by atoms with Crippen molar-refractivity contribution < 1.29 is 38.3 Å². The van der Waals surface area contributed by atoms with E-state index in [0.29, 0.717) is 47.4 Å². The van der Waals surface area contributed by atoms with E-state index in [1.807, 2.05) is 0 Å². The van der Waals surface area contributed by atoms with Crippen LogP contribution in [0.2, 0.25) is 0 Å². The van der Waals surface area contributed by atoms with E-state index in [4.69, 9.17) is 9.57 Å². The molecule has 0 aliphatic carbocycles. The molecule has 0 bridgehead atoms. The number of carbonyl (C=O) groups excluding carboxylic acids is 6. The van der Waals surface area contributed by atoms with E-state index in [0.717, 1.165) is 11.3 Å². The minimum absolute atomic E-state index is 0.00619. The lowest BCUT2D eigenvalue weighted by Crippen LogP contribution is -2.32. The van der Waals surface area contributed by atoms with Gasteiger partial charge in [0.1, 0.15) is 5.75 Å². The van der Waals surface area contributed by atoms with E-state index >= 15 is 0 Å². The zero-order valence-electron chi connectivity index (χ0n) is 21.0. The van der Waals surface area contributed by atoms with Gasteiger partial charge in [-0.1, -0.05) is 19.9 Å². The molecule has 1 saturated heterocycles. The molecule has 2 aliphatic rings. The number of rotatable bonds is 13. The van der Waals surface area contributed by atoms with Crippen LogP contribution in [-0.2, 0) is 40.0 Å². The molecule has 2 aliphatic heterocycles. The van der Waals surface area contributed by atoms with Crippen molar-refractivity contribution in [3.05, 3.63) is 35.9 Å². The van der Waals surface area contributed by atoms with Crippen molar-refractivity contribution in [3.63, 3.8) is 0 Å². The molecule has 11 heteroatoms. The number of nitrogens with one attached hydrogen (secondary N) is 1. The second-order valence-electron chi connectivity index (χ2n) is 9.25. The van der Waals surface area contributed by atoms with E-state index in [-0.39, 0.29) is 49.9 Å². The molecule has 11 nitrogen and oxygen atoms in total. The molecule has 0 atom stereocenters. The first kappa shape index (κ1) is 27.6. The van der Waals surface area contributed by atoms with Crippen molar-refractivity contribution in [1.82, 2.24) is 9.96 Å². The molecule has 0 unspecified atom stereocenters. The molecule has 0 radical (unpaired) electrons. The van der Waals surface area contributed by atoms with Gasteiger partial charge >= 0.3 is 5.97 Å². The summed E-state index contributed by atoms with van der Waals surface area (Å²) in [6.07, 6.45) is 4.12. The summed E-state index contributed by atoms with van der Waals surface area (Å²) in [6, 6.07) is 4.88. The van der Waals surface area contributed by atoms with E-state index < -0.39 is 17.8 Å². The Morgan fingerprint density at radius 3 is 2.32 bits per heavy atom. The Morgan fingerprint density at radius 1 is 1.00 bits per heavy atom. The minimum atomic E-state index is -0.783. The topological polar surface area (TPSA) is 139 Å². The van der Waals surface area contributed by atoms with Crippen LogP contribution in [0.3, 0.4) is 0 Å². The number of amides is 5. The van der Waals surface area contributed by atoms with Crippen LogP contribution in [0.25, 0.3) is 0 Å². The summed E-state index contributed by atoms with van der Waals surface area (Å²) in [4.78, 5) is 77.6. The van der Waals surface area contributed by atoms with Crippen LogP contribution in [0.4, 0.5) is 5.69 Å². The third-order valence-corrected chi connectivity index (χ3v) is 5.75. The molecular weight excluding hydrogens is 482 g/mol. The second-order valence-corrected chi connectivity index (χ2v) is 9.25. The molecule has 1 N–H and O–H groups in total. The molecule has 1 aromatic carbocycles. The van der Waals surface area contributed by atoms with Gasteiger partial charge in [-0.2, -0.15) is 0 Å². The summed E-state index contributed by atoms with van der Waals surface area (Å²) >= 11 is 0. The van der Waals surface area contributed by atoms with Crippen LogP contribution in [-0.4, -0.2) is 58.6 Å². The normalized spacial score (nSPS) is 15.2. The van der Waals surface area contributed by atoms with E-state index in [9.17, 15) is 28.8 Å². The summed E-state index contributed by atoms with van der Waals surface area (Å²) in [6.45, 7) is 4.81. The van der Waals surface area contributed by atoms with Crippen LogP contribution >= 0.6 is 0 Å². The lowest BCUT2D eigenvalue weighted by molar-refractivity contribution is -0.197. The van der Waals surface area contributed by atoms with Gasteiger partial charge in [0, 0.05) is 38.0 Å². The third kappa shape index (κ3) is 7.99.